The summed E-state index contributed by atoms with van der Waals surface area (Å²) in [6.07, 6.45) is 1.10. The van der Waals surface area contributed by atoms with Gasteiger partial charge in [0.15, 0.2) is 0 Å². The Hall–Kier alpha value is -0.170. The summed E-state index contributed by atoms with van der Waals surface area (Å²) in [4.78, 5) is 0. The van der Waals surface area contributed by atoms with Crippen molar-refractivity contribution in [3.8, 4) is 0 Å². The van der Waals surface area contributed by atoms with E-state index in [0.29, 0.717) is 12.8 Å². The lowest BCUT2D eigenvalue weighted by molar-refractivity contribution is 0.0755. The molecule has 3 rings (SSSR count). The van der Waals surface area contributed by atoms with E-state index in [9.17, 15) is 18.6 Å². The van der Waals surface area contributed by atoms with Crippen molar-refractivity contribution in [1.82, 2.24) is 4.72 Å². The highest BCUT2D eigenvalue weighted by Gasteiger charge is 2.75. The van der Waals surface area contributed by atoms with Gasteiger partial charge in [-0.1, -0.05) is 6.92 Å². The molecule has 5 unspecified atom stereocenters. The zero-order valence-electron chi connectivity index (χ0n) is 9.18. The lowest BCUT2D eigenvalue weighted by atomic mass is 9.72. The first-order chi connectivity index (χ1) is 7.42. The van der Waals surface area contributed by atoms with Crippen molar-refractivity contribution in [1.29, 1.82) is 0 Å². The van der Waals surface area contributed by atoms with Crippen molar-refractivity contribution in [3.05, 3.63) is 0 Å². The standard InChI is InChI=1S/C10H17NO4S/c1-6-8-10(5-13)3-9(6,4-12)2-7(10)16(14,15)11-8/h6-8,11-13H,2-5H2,1H3. The Morgan fingerprint density at radius 2 is 2.06 bits per heavy atom. The SMILES string of the molecule is CC1C2NS(=O)(=O)C3CC1(CO)CC23CO. The first kappa shape index (κ1) is 11.0. The van der Waals surface area contributed by atoms with Crippen LogP contribution in [0, 0.1) is 16.7 Å². The molecule has 3 N–H and O–H groups in total. The minimum Gasteiger partial charge on any atom is -0.396 e. The number of rotatable bonds is 2. The molecule has 1 aliphatic heterocycles. The predicted molar refractivity (Wildman–Crippen MR) is 57.1 cm³/mol. The van der Waals surface area contributed by atoms with Gasteiger partial charge in [0.1, 0.15) is 0 Å². The molecular weight excluding hydrogens is 230 g/mol. The maximum Gasteiger partial charge on any atom is 0.215 e. The van der Waals surface area contributed by atoms with Crippen LogP contribution >= 0.6 is 0 Å². The van der Waals surface area contributed by atoms with E-state index in [1.807, 2.05) is 6.92 Å². The first-order valence-electron chi connectivity index (χ1n) is 5.65. The number of aliphatic hydroxyl groups is 2. The molecule has 0 amide bonds. The highest BCUT2D eigenvalue weighted by Crippen LogP contribution is 2.68. The second-order valence-corrected chi connectivity index (χ2v) is 7.61. The van der Waals surface area contributed by atoms with Crippen molar-refractivity contribution in [2.45, 2.75) is 31.1 Å². The molecule has 3 aliphatic rings. The van der Waals surface area contributed by atoms with Gasteiger partial charge in [0, 0.05) is 18.1 Å². The van der Waals surface area contributed by atoms with Crippen LogP contribution in [0.2, 0.25) is 0 Å². The van der Waals surface area contributed by atoms with Crippen LogP contribution in [0.25, 0.3) is 0 Å². The average Bonchev–Trinajstić information content (AvgIpc) is 2.76. The van der Waals surface area contributed by atoms with Crippen LogP contribution in [0.3, 0.4) is 0 Å². The summed E-state index contributed by atoms with van der Waals surface area (Å²) >= 11 is 0. The molecule has 0 aromatic rings. The van der Waals surface area contributed by atoms with E-state index >= 15 is 0 Å². The highest BCUT2D eigenvalue weighted by molar-refractivity contribution is 7.90. The third-order valence-electron chi connectivity index (χ3n) is 5.27. The monoisotopic (exact) mass is 247 g/mol. The molecule has 5 atom stereocenters. The lowest BCUT2D eigenvalue weighted by Gasteiger charge is -2.35. The molecule has 6 heteroatoms. The second kappa shape index (κ2) is 2.80. The summed E-state index contributed by atoms with van der Waals surface area (Å²) in [7, 11) is -3.30. The molecule has 1 saturated heterocycles. The van der Waals surface area contributed by atoms with Crippen LogP contribution in [-0.2, 0) is 10.0 Å². The second-order valence-electron chi connectivity index (χ2n) is 5.71. The van der Waals surface area contributed by atoms with Crippen LogP contribution in [0.4, 0.5) is 0 Å². The van der Waals surface area contributed by atoms with E-state index in [2.05, 4.69) is 4.72 Å². The van der Waals surface area contributed by atoms with Gasteiger partial charge in [-0.05, 0) is 24.2 Å². The molecule has 16 heavy (non-hydrogen) atoms. The largest absolute Gasteiger partial charge is 0.396 e. The van der Waals surface area contributed by atoms with Crippen LogP contribution in [0.15, 0.2) is 0 Å². The fraction of sp³-hybridized carbons (Fsp3) is 1.00. The number of sulfonamides is 1. The summed E-state index contributed by atoms with van der Waals surface area (Å²) in [5.74, 6) is 0.0955. The summed E-state index contributed by atoms with van der Waals surface area (Å²) in [5.41, 5.74) is -0.865. The zero-order chi connectivity index (χ0) is 11.8. The third-order valence-corrected chi connectivity index (χ3v) is 7.24. The molecule has 2 aliphatic carbocycles. The minimum atomic E-state index is -3.30. The summed E-state index contributed by atoms with van der Waals surface area (Å²) in [6, 6.07) is -0.201. The van der Waals surface area contributed by atoms with E-state index in [4.69, 9.17) is 0 Å². The molecule has 0 spiro atoms. The van der Waals surface area contributed by atoms with Gasteiger partial charge in [0.2, 0.25) is 10.0 Å². The fourth-order valence-corrected chi connectivity index (χ4v) is 6.77. The Labute approximate surface area is 94.9 Å². The highest BCUT2D eigenvalue weighted by atomic mass is 32.2. The average molecular weight is 247 g/mol. The van der Waals surface area contributed by atoms with Gasteiger partial charge >= 0.3 is 0 Å². The van der Waals surface area contributed by atoms with Crippen LogP contribution in [0.5, 0.6) is 0 Å². The van der Waals surface area contributed by atoms with Gasteiger partial charge in [-0.15, -0.1) is 0 Å². The van der Waals surface area contributed by atoms with E-state index in [1.165, 1.54) is 0 Å². The molecular formula is C10H17NO4S. The van der Waals surface area contributed by atoms with E-state index in [0.717, 1.165) is 0 Å². The van der Waals surface area contributed by atoms with Gasteiger partial charge in [0.05, 0.1) is 11.9 Å². The zero-order valence-corrected chi connectivity index (χ0v) is 10.00. The molecule has 92 valence electrons. The summed E-state index contributed by atoms with van der Waals surface area (Å²) in [6.45, 7) is 1.88. The topological polar surface area (TPSA) is 86.6 Å². The lowest BCUT2D eigenvalue weighted by Crippen LogP contribution is -2.45. The molecule has 5 nitrogen and oxygen atoms in total. The number of hydrogen-bond donors (Lipinski definition) is 3. The third kappa shape index (κ3) is 0.917. The number of nitrogens with one attached hydrogen (secondary N) is 1. The van der Waals surface area contributed by atoms with Crippen LogP contribution in [0.1, 0.15) is 19.8 Å². The van der Waals surface area contributed by atoms with Crippen molar-refractivity contribution in [3.63, 3.8) is 0 Å². The Morgan fingerprint density at radius 1 is 1.38 bits per heavy atom. The Morgan fingerprint density at radius 3 is 2.56 bits per heavy atom. The quantitative estimate of drug-likeness (QED) is 0.587. The molecule has 0 aromatic carbocycles. The first-order valence-corrected chi connectivity index (χ1v) is 7.19. The normalized spacial score (nSPS) is 57.1. The van der Waals surface area contributed by atoms with Gasteiger partial charge in [-0.3, -0.25) is 0 Å². The van der Waals surface area contributed by atoms with Crippen molar-refractivity contribution < 1.29 is 18.6 Å². The summed E-state index contributed by atoms with van der Waals surface area (Å²) in [5, 5.41) is 18.6. The van der Waals surface area contributed by atoms with Crippen LogP contribution in [-0.4, -0.2) is 43.1 Å². The number of hydrogen-bond acceptors (Lipinski definition) is 4. The van der Waals surface area contributed by atoms with Gasteiger partial charge in [-0.2, -0.15) is 0 Å². The van der Waals surface area contributed by atoms with Crippen molar-refractivity contribution >= 4 is 10.0 Å². The summed E-state index contributed by atoms with van der Waals surface area (Å²) < 4.78 is 26.6. The Balaban J connectivity index is 2.17. The molecule has 2 bridgehead atoms. The van der Waals surface area contributed by atoms with Crippen molar-refractivity contribution in [2.24, 2.45) is 16.7 Å². The smallest absolute Gasteiger partial charge is 0.215 e. The molecule has 0 aromatic heterocycles. The van der Waals surface area contributed by atoms with Crippen molar-refractivity contribution in [2.75, 3.05) is 13.2 Å². The van der Waals surface area contributed by atoms with Gasteiger partial charge in [-0.25, -0.2) is 13.1 Å². The van der Waals surface area contributed by atoms with E-state index in [1.54, 1.807) is 0 Å². The number of aliphatic hydroxyl groups excluding tert-OH is 2. The fourth-order valence-electron chi connectivity index (χ4n) is 4.34. The van der Waals surface area contributed by atoms with E-state index < -0.39 is 20.7 Å². The minimum absolute atomic E-state index is 0.0140. The molecule has 3 fully saturated rings. The van der Waals surface area contributed by atoms with Crippen LogP contribution < -0.4 is 4.72 Å². The maximum absolute atomic E-state index is 11.9. The molecule has 1 heterocycles. The van der Waals surface area contributed by atoms with Gasteiger partial charge < -0.3 is 10.2 Å². The Kier molecular flexibility index (Phi) is 1.92. The molecule has 0 radical (unpaired) electrons. The molecule has 2 saturated carbocycles. The number of fused-ring (bicyclic) bond motifs is 1. The Bertz CT molecular complexity index is 436. The van der Waals surface area contributed by atoms with E-state index in [-0.39, 0.29) is 30.6 Å². The maximum atomic E-state index is 11.9. The predicted octanol–water partition coefficient (Wildman–Crippen LogP) is -0.942. The van der Waals surface area contributed by atoms with Gasteiger partial charge in [0.25, 0.3) is 0 Å².